The molecule has 1 N–H and O–H groups in total. The summed E-state index contributed by atoms with van der Waals surface area (Å²) in [5, 5.41) is 3.41. The molecule has 1 aliphatic heterocycles. The van der Waals surface area contributed by atoms with E-state index in [2.05, 4.69) is 26.1 Å². The summed E-state index contributed by atoms with van der Waals surface area (Å²) in [7, 11) is 0. The monoisotopic (exact) mass is 299 g/mol. The molecule has 0 aliphatic carbocycles. The van der Waals surface area contributed by atoms with Crippen molar-refractivity contribution < 1.29 is 18.3 Å². The van der Waals surface area contributed by atoms with Gasteiger partial charge in [0.15, 0.2) is 11.6 Å². The molecule has 118 valence electrons. The summed E-state index contributed by atoms with van der Waals surface area (Å²) >= 11 is 0. The molecule has 1 aromatic carbocycles. The smallest absolute Gasteiger partial charge is 0.167 e. The zero-order valence-electron chi connectivity index (χ0n) is 12.8. The lowest BCUT2D eigenvalue weighted by molar-refractivity contribution is 0.0154. The maximum absolute atomic E-state index is 13.4. The Bertz CT molecular complexity index is 474. The van der Waals surface area contributed by atoms with Crippen molar-refractivity contribution in [2.75, 3.05) is 13.2 Å². The Morgan fingerprint density at radius 2 is 1.95 bits per heavy atom. The van der Waals surface area contributed by atoms with Crippen LogP contribution in [0.5, 0.6) is 5.75 Å². The van der Waals surface area contributed by atoms with E-state index >= 15 is 0 Å². The minimum atomic E-state index is -0.682. The van der Waals surface area contributed by atoms with Gasteiger partial charge in [-0.25, -0.2) is 8.78 Å². The van der Waals surface area contributed by atoms with Crippen molar-refractivity contribution in [2.24, 2.45) is 0 Å². The van der Waals surface area contributed by atoms with Gasteiger partial charge in [-0.1, -0.05) is 0 Å². The van der Waals surface area contributed by atoms with Gasteiger partial charge in [-0.05, 0) is 45.7 Å². The van der Waals surface area contributed by atoms with Gasteiger partial charge in [-0.3, -0.25) is 0 Å². The maximum atomic E-state index is 13.4. The second-order valence-corrected chi connectivity index (χ2v) is 6.47. The largest absolute Gasteiger partial charge is 0.488 e. The minimum Gasteiger partial charge on any atom is -0.488 e. The molecule has 1 aromatic rings. The topological polar surface area (TPSA) is 30.5 Å². The third kappa shape index (κ3) is 5.25. The molecule has 0 saturated carbocycles. The van der Waals surface area contributed by atoms with Gasteiger partial charge in [0.1, 0.15) is 12.4 Å². The molecule has 2 rings (SSSR count). The van der Waals surface area contributed by atoms with Crippen molar-refractivity contribution in [1.29, 1.82) is 0 Å². The fraction of sp³-hybridized carbons (Fsp3) is 0.625. The van der Waals surface area contributed by atoms with E-state index in [4.69, 9.17) is 9.47 Å². The van der Waals surface area contributed by atoms with Crippen LogP contribution < -0.4 is 10.1 Å². The van der Waals surface area contributed by atoms with Crippen molar-refractivity contribution in [2.45, 2.75) is 51.4 Å². The van der Waals surface area contributed by atoms with Gasteiger partial charge in [0.25, 0.3) is 0 Å². The summed E-state index contributed by atoms with van der Waals surface area (Å²) in [5.74, 6) is -1.22. The first kappa shape index (κ1) is 16.2. The van der Waals surface area contributed by atoms with Gasteiger partial charge in [-0.15, -0.1) is 0 Å². The molecule has 0 amide bonds. The van der Waals surface area contributed by atoms with E-state index in [0.717, 1.165) is 25.5 Å². The van der Waals surface area contributed by atoms with Gasteiger partial charge in [-0.2, -0.15) is 0 Å². The minimum absolute atomic E-state index is 0.0405. The number of hydrogen-bond acceptors (Lipinski definition) is 3. The lowest BCUT2D eigenvalue weighted by Crippen LogP contribution is -2.41. The Kier molecular flexibility index (Phi) is 5.17. The fourth-order valence-electron chi connectivity index (χ4n) is 2.25. The van der Waals surface area contributed by atoms with Gasteiger partial charge in [0.2, 0.25) is 0 Å². The Morgan fingerprint density at radius 1 is 1.24 bits per heavy atom. The number of rotatable bonds is 5. The van der Waals surface area contributed by atoms with Crippen LogP contribution in [0.2, 0.25) is 0 Å². The molecule has 2 atom stereocenters. The average Bonchev–Trinajstić information content (AvgIpc) is 2.82. The van der Waals surface area contributed by atoms with Gasteiger partial charge in [0.05, 0.1) is 12.2 Å². The standard InChI is InChI=1S/C16H23F2NO2/c1-16(2,3)19-9-12-5-6-13(21-12)10-20-15-7-4-11(17)8-14(15)18/h4,7-8,12-13,19H,5-6,9-10H2,1-3H3. The van der Waals surface area contributed by atoms with Gasteiger partial charge < -0.3 is 14.8 Å². The van der Waals surface area contributed by atoms with E-state index in [1.165, 1.54) is 12.1 Å². The van der Waals surface area contributed by atoms with Gasteiger partial charge >= 0.3 is 0 Å². The Balaban J connectivity index is 1.75. The van der Waals surface area contributed by atoms with Crippen LogP contribution in [0.4, 0.5) is 8.78 Å². The van der Waals surface area contributed by atoms with Crippen molar-refractivity contribution in [1.82, 2.24) is 5.32 Å². The van der Waals surface area contributed by atoms with Crippen LogP contribution in [0.3, 0.4) is 0 Å². The highest BCUT2D eigenvalue weighted by molar-refractivity contribution is 5.24. The molecule has 1 fully saturated rings. The van der Waals surface area contributed by atoms with Crippen LogP contribution in [0.15, 0.2) is 18.2 Å². The Hall–Kier alpha value is -1.20. The molecule has 0 aromatic heterocycles. The van der Waals surface area contributed by atoms with Crippen molar-refractivity contribution in [3.05, 3.63) is 29.8 Å². The molecule has 0 bridgehead atoms. The summed E-state index contributed by atoms with van der Waals surface area (Å²) in [4.78, 5) is 0. The van der Waals surface area contributed by atoms with Crippen LogP contribution in [0, 0.1) is 11.6 Å². The third-order valence-corrected chi connectivity index (χ3v) is 3.37. The number of ether oxygens (including phenoxy) is 2. The fourth-order valence-corrected chi connectivity index (χ4v) is 2.25. The average molecular weight is 299 g/mol. The number of benzene rings is 1. The van der Waals surface area contributed by atoms with Crippen molar-refractivity contribution in [3.63, 3.8) is 0 Å². The summed E-state index contributed by atoms with van der Waals surface area (Å²) in [6.45, 7) is 7.42. The van der Waals surface area contributed by atoms with E-state index in [-0.39, 0.29) is 30.1 Å². The molecular weight excluding hydrogens is 276 g/mol. The maximum Gasteiger partial charge on any atom is 0.167 e. The zero-order valence-corrected chi connectivity index (χ0v) is 12.8. The first-order valence-corrected chi connectivity index (χ1v) is 7.32. The van der Waals surface area contributed by atoms with Crippen LogP contribution in [-0.4, -0.2) is 30.9 Å². The molecule has 1 aliphatic rings. The molecule has 21 heavy (non-hydrogen) atoms. The quantitative estimate of drug-likeness (QED) is 0.905. The highest BCUT2D eigenvalue weighted by Crippen LogP contribution is 2.23. The number of hydrogen-bond donors (Lipinski definition) is 1. The zero-order chi connectivity index (χ0) is 15.5. The molecule has 1 saturated heterocycles. The Labute approximate surface area is 124 Å². The SMILES string of the molecule is CC(C)(C)NCC1CCC(COc2ccc(F)cc2F)O1. The molecule has 5 heteroatoms. The molecule has 2 unspecified atom stereocenters. The van der Waals surface area contributed by atoms with Gasteiger partial charge in [0, 0.05) is 18.2 Å². The number of halogens is 2. The molecule has 0 spiro atoms. The second kappa shape index (κ2) is 6.71. The molecule has 3 nitrogen and oxygen atoms in total. The summed E-state index contributed by atoms with van der Waals surface area (Å²) in [5.41, 5.74) is 0.0647. The van der Waals surface area contributed by atoms with Crippen LogP contribution >= 0.6 is 0 Å². The highest BCUT2D eigenvalue weighted by Gasteiger charge is 2.26. The predicted octanol–water partition coefficient (Wildman–Crippen LogP) is 3.28. The van der Waals surface area contributed by atoms with Crippen molar-refractivity contribution >= 4 is 0 Å². The Morgan fingerprint density at radius 3 is 2.62 bits per heavy atom. The number of nitrogens with one attached hydrogen (secondary N) is 1. The summed E-state index contributed by atoms with van der Waals surface area (Å²) in [6, 6.07) is 3.31. The van der Waals surface area contributed by atoms with Crippen molar-refractivity contribution in [3.8, 4) is 5.75 Å². The third-order valence-electron chi connectivity index (χ3n) is 3.37. The lowest BCUT2D eigenvalue weighted by atomic mass is 10.1. The predicted molar refractivity (Wildman–Crippen MR) is 77.5 cm³/mol. The molecule has 0 radical (unpaired) electrons. The van der Waals surface area contributed by atoms with E-state index in [9.17, 15) is 8.78 Å². The van der Waals surface area contributed by atoms with Crippen LogP contribution in [-0.2, 0) is 4.74 Å². The van der Waals surface area contributed by atoms with Crippen LogP contribution in [0.1, 0.15) is 33.6 Å². The van der Waals surface area contributed by atoms with Crippen LogP contribution in [0.25, 0.3) is 0 Å². The summed E-state index contributed by atoms with van der Waals surface area (Å²) in [6.07, 6.45) is 1.97. The highest BCUT2D eigenvalue weighted by atomic mass is 19.1. The molecule has 1 heterocycles. The first-order chi connectivity index (χ1) is 9.83. The second-order valence-electron chi connectivity index (χ2n) is 6.47. The van der Waals surface area contributed by atoms with E-state index < -0.39 is 11.6 Å². The van der Waals surface area contributed by atoms with E-state index in [1.807, 2.05) is 0 Å². The van der Waals surface area contributed by atoms with E-state index in [1.54, 1.807) is 0 Å². The lowest BCUT2D eigenvalue weighted by Gasteiger charge is -2.23. The normalized spacial score (nSPS) is 22.5. The summed E-state index contributed by atoms with van der Waals surface area (Å²) < 4.78 is 37.5. The van der Waals surface area contributed by atoms with E-state index in [0.29, 0.717) is 0 Å². The molecular formula is C16H23F2NO2. The first-order valence-electron chi connectivity index (χ1n) is 7.32.